The van der Waals surface area contributed by atoms with Crippen LogP contribution in [-0.4, -0.2) is 170 Å². The van der Waals surface area contributed by atoms with Crippen LogP contribution in [-0.2, 0) is 42.4 Å². The van der Waals surface area contributed by atoms with Crippen molar-refractivity contribution in [3.05, 3.63) is 47.0 Å². The lowest BCUT2D eigenvalue weighted by Crippen LogP contribution is -2.56. The van der Waals surface area contributed by atoms with Crippen molar-refractivity contribution in [3.63, 3.8) is 0 Å². The van der Waals surface area contributed by atoms with Gasteiger partial charge in [-0.15, -0.1) is 0 Å². The van der Waals surface area contributed by atoms with Crippen LogP contribution in [0.15, 0.2) is 24.5 Å². The summed E-state index contributed by atoms with van der Waals surface area (Å²) in [7, 11) is -7.67. The summed E-state index contributed by atoms with van der Waals surface area (Å²) in [6, 6.07) is 4.09. The maximum absolute atomic E-state index is 14.8. The summed E-state index contributed by atoms with van der Waals surface area (Å²) in [4.78, 5) is 56.8. The number of sulfone groups is 2. The predicted molar refractivity (Wildman–Crippen MR) is 245 cm³/mol. The first-order valence-electron chi connectivity index (χ1n) is 21.7. The fourth-order valence-electron chi connectivity index (χ4n) is 8.28. The number of nitrogens with one attached hydrogen (secondary N) is 2. The lowest BCUT2D eigenvalue weighted by atomic mass is 9.99. The Morgan fingerprint density at radius 2 is 1.28 bits per heavy atom. The summed E-state index contributed by atoms with van der Waals surface area (Å²) >= 11 is 1.98. The molecule has 3 atom stereocenters. The summed E-state index contributed by atoms with van der Waals surface area (Å²) in [5.74, 6) is 23.5. The molecule has 4 amide bonds. The van der Waals surface area contributed by atoms with Gasteiger partial charge in [-0.05, 0) is 81.3 Å². The van der Waals surface area contributed by atoms with Crippen molar-refractivity contribution in [3.8, 4) is 47.4 Å². The third-order valence-electron chi connectivity index (χ3n) is 13.4. The summed E-state index contributed by atoms with van der Waals surface area (Å²) in [5, 5.41) is 17.8. The van der Waals surface area contributed by atoms with E-state index in [9.17, 15) is 40.4 Å². The number of amides is 4. The molecule has 0 spiro atoms. The second-order valence-corrected chi connectivity index (χ2v) is 24.2. The third-order valence-corrected chi connectivity index (χ3v) is 18.7. The summed E-state index contributed by atoms with van der Waals surface area (Å²) < 4.78 is 62.3. The first kappa shape index (κ1) is 49.6. The minimum absolute atomic E-state index is 0.000445. The zero-order valence-electron chi connectivity index (χ0n) is 37.6. The van der Waals surface area contributed by atoms with Crippen LogP contribution in [0.5, 0.6) is 0 Å². The Labute approximate surface area is 394 Å². The van der Waals surface area contributed by atoms with Gasteiger partial charge in [0.15, 0.2) is 34.8 Å². The number of aromatic nitrogens is 2. The highest BCUT2D eigenvalue weighted by atomic mass is 32.2. The smallest absolute Gasteiger partial charge is 0.318 e. The molecule has 67 heavy (non-hydrogen) atoms. The topological polar surface area (TPSA) is 224 Å². The van der Waals surface area contributed by atoms with Crippen LogP contribution in [0.3, 0.4) is 0 Å². The summed E-state index contributed by atoms with van der Waals surface area (Å²) in [6.45, 7) is 6.07. The van der Waals surface area contributed by atoms with Crippen LogP contribution in [0.25, 0.3) is 0 Å². The van der Waals surface area contributed by atoms with Crippen molar-refractivity contribution < 1.29 is 50.8 Å². The van der Waals surface area contributed by atoms with E-state index in [-0.39, 0.29) is 51.1 Å². The molecule has 4 fully saturated rings. The molecule has 8 rings (SSSR count). The number of halogens is 1. The molecular weight excluding hydrogens is 928 g/mol. The normalized spacial score (nSPS) is 22.3. The quantitative estimate of drug-likeness (QED) is 0.134. The van der Waals surface area contributed by atoms with Crippen molar-refractivity contribution in [1.82, 2.24) is 39.7 Å². The number of likely N-dealkylation sites (tertiary alicyclic amines) is 2. The van der Waals surface area contributed by atoms with E-state index in [0.717, 1.165) is 56.7 Å². The molecule has 2 aromatic heterocycles. The lowest BCUT2D eigenvalue weighted by Gasteiger charge is -2.45. The average Bonchev–Trinajstić information content (AvgIpc) is 3.44. The van der Waals surface area contributed by atoms with Crippen molar-refractivity contribution in [2.24, 2.45) is 5.92 Å². The molecule has 3 saturated heterocycles. The molecule has 358 valence electrons. The Bertz CT molecular complexity index is 2830. The minimum Gasteiger partial charge on any atom is -0.318 e. The lowest BCUT2D eigenvalue weighted by molar-refractivity contribution is -0.132. The van der Waals surface area contributed by atoms with Crippen LogP contribution in [0.2, 0.25) is 0 Å². The van der Waals surface area contributed by atoms with Crippen LogP contribution < -0.4 is 11.0 Å². The molecule has 4 N–H and O–H groups in total. The van der Waals surface area contributed by atoms with Crippen LogP contribution in [0, 0.1) is 53.3 Å². The number of hydroxylamine groups is 2. The van der Waals surface area contributed by atoms with E-state index >= 15 is 0 Å². The van der Waals surface area contributed by atoms with Crippen molar-refractivity contribution in [2.75, 3.05) is 63.3 Å². The van der Waals surface area contributed by atoms with Gasteiger partial charge in [-0.25, -0.2) is 41.8 Å². The number of nitrogens with zero attached hydrogens (tertiary/aromatic N) is 6. The first-order valence-corrected chi connectivity index (χ1v) is 26.6. The number of rotatable bonds is 12. The highest BCUT2D eigenvalue weighted by Gasteiger charge is 2.46. The average molecular weight is 981 g/mol. The largest absolute Gasteiger partial charge is 0.328 e. The SMILES string of the molecule is C[C@@](CCN1Cc2cc(C#CC#CC3(F)CCN(C4CC4)C3)cn2C1=O)(C(=O)NO)S(C)(=O)=O.C[C@@](CCN1Cc2cc(C#CC#CC3CN(C4CSC4)C3)cn2C1=O)(C(=O)NO)S(C)(=O)=O. The molecule has 6 aliphatic rings. The first-order chi connectivity index (χ1) is 31.6. The van der Waals surface area contributed by atoms with Crippen LogP contribution in [0.4, 0.5) is 14.0 Å². The van der Waals surface area contributed by atoms with Gasteiger partial charge < -0.3 is 9.80 Å². The number of carbonyl (C=O) groups excluding carboxylic acids is 4. The monoisotopic (exact) mass is 980 g/mol. The Hall–Kier alpha value is -5.30. The molecule has 1 aliphatic carbocycles. The molecule has 22 heteroatoms. The number of fused-ring (bicyclic) bond motifs is 2. The number of alkyl halides is 1. The number of carbonyl (C=O) groups is 4. The van der Waals surface area contributed by atoms with Crippen molar-refractivity contribution >= 4 is 55.3 Å². The third kappa shape index (κ3) is 10.7. The number of hydrogen-bond acceptors (Lipinski definition) is 13. The van der Waals surface area contributed by atoms with Gasteiger partial charge in [0.1, 0.15) is 0 Å². The van der Waals surface area contributed by atoms with E-state index in [1.807, 2.05) is 17.8 Å². The van der Waals surface area contributed by atoms with E-state index in [1.54, 1.807) is 18.5 Å². The van der Waals surface area contributed by atoms with Gasteiger partial charge in [-0.1, -0.05) is 17.8 Å². The second-order valence-electron chi connectivity index (χ2n) is 18.3. The fraction of sp³-hybridized carbons (Fsp3) is 0.556. The molecule has 0 radical (unpaired) electrons. The molecule has 0 bridgehead atoms. The Morgan fingerprint density at radius 3 is 1.70 bits per heavy atom. The summed E-state index contributed by atoms with van der Waals surface area (Å²) in [6.07, 6.45) is 7.37. The van der Waals surface area contributed by atoms with Gasteiger partial charge >= 0.3 is 12.1 Å². The summed E-state index contributed by atoms with van der Waals surface area (Å²) in [5.41, 5.74) is 3.93. The molecular formula is C45H53FN8O10S3. The zero-order valence-corrected chi connectivity index (χ0v) is 40.0. The van der Waals surface area contributed by atoms with Crippen molar-refractivity contribution in [2.45, 2.75) is 86.3 Å². The molecule has 0 aromatic carbocycles. The highest BCUT2D eigenvalue weighted by Crippen LogP contribution is 2.35. The van der Waals surface area contributed by atoms with E-state index in [0.29, 0.717) is 41.7 Å². The molecule has 18 nitrogen and oxygen atoms in total. The van der Waals surface area contributed by atoms with E-state index in [4.69, 9.17) is 10.4 Å². The maximum Gasteiger partial charge on any atom is 0.328 e. The predicted octanol–water partition coefficient (Wildman–Crippen LogP) is 1.27. The van der Waals surface area contributed by atoms with E-state index < -0.39 is 46.7 Å². The second kappa shape index (κ2) is 19.4. The number of thioether (sulfide) groups is 1. The van der Waals surface area contributed by atoms with Crippen LogP contribution >= 0.6 is 11.8 Å². The minimum atomic E-state index is -3.85. The van der Waals surface area contributed by atoms with Gasteiger partial charge in [0, 0.05) is 123 Å². The Kier molecular flexibility index (Phi) is 14.3. The highest BCUT2D eigenvalue weighted by molar-refractivity contribution is 8.00. The van der Waals surface area contributed by atoms with E-state index in [2.05, 4.69) is 57.2 Å². The molecule has 1 unspecified atom stereocenters. The number of hydrogen-bond donors (Lipinski definition) is 4. The van der Waals surface area contributed by atoms with Gasteiger partial charge in [-0.3, -0.25) is 38.9 Å². The van der Waals surface area contributed by atoms with Crippen molar-refractivity contribution in [1.29, 1.82) is 0 Å². The molecule has 7 heterocycles. The van der Waals surface area contributed by atoms with Gasteiger partial charge in [0.25, 0.3) is 11.8 Å². The molecule has 2 aromatic rings. The van der Waals surface area contributed by atoms with Gasteiger partial charge in [0.2, 0.25) is 0 Å². The fourth-order valence-corrected chi connectivity index (χ4v) is 10.8. The van der Waals surface area contributed by atoms with Gasteiger partial charge in [-0.2, -0.15) is 11.8 Å². The molecule has 5 aliphatic heterocycles. The zero-order chi connectivity index (χ0) is 48.5. The van der Waals surface area contributed by atoms with E-state index in [1.165, 1.54) is 55.2 Å². The standard InChI is InChI=1S/C23H27FN4O5S.C22H26N4O5S2/c1-22(20(29)25-31,34(2,32)33)9-11-26-15-19-13-17(14-28(19)21(26)30)5-3-4-8-23(24)10-12-27(16-23)18-6-7-18;1-22(20(27)23-29,33(2,30)31)7-8-24-13-18-9-16(12-26(18)21(24)28)5-3-4-6-17-10-25(11-17)19-14-32-15-19/h13-14,18,31H,6-7,9-12,15-16H2,1-2H3,(H,25,29);9,12,17,19,29H,7-8,10-11,13-15H2,1-2H3,(H,23,27)/t22-,23?;22-/m11/s1. The molecule has 1 saturated carbocycles. The van der Waals surface area contributed by atoms with Crippen LogP contribution in [0.1, 0.15) is 68.5 Å². The maximum atomic E-state index is 14.8. The Morgan fingerprint density at radius 1 is 0.791 bits per heavy atom. The van der Waals surface area contributed by atoms with Gasteiger partial charge in [0.05, 0.1) is 13.1 Å². The Balaban J connectivity index is 0.000000199.